The minimum absolute atomic E-state index is 0.0437. The highest BCUT2D eigenvalue weighted by Crippen LogP contribution is 2.27. The molecule has 0 fully saturated rings. The maximum Gasteiger partial charge on any atom is 0.211 e. The lowest BCUT2D eigenvalue weighted by atomic mass is 9.93. The number of hydrogen-bond acceptors (Lipinski definition) is 10. The Hall–Kier alpha value is -4.93. The van der Waals surface area contributed by atoms with Crippen LogP contribution in [-0.4, -0.2) is 40.9 Å². The van der Waals surface area contributed by atoms with Crippen LogP contribution in [0.5, 0.6) is 5.75 Å². The lowest BCUT2D eigenvalue weighted by Crippen LogP contribution is -2.12. The molecule has 0 spiro atoms. The van der Waals surface area contributed by atoms with Gasteiger partial charge in [-0.15, -0.1) is 0 Å². The number of aromatic nitrogens is 3. The maximum atomic E-state index is 10.6. The number of rotatable bonds is 11. The molecular formula is C37H56N8O3. The molecule has 48 heavy (non-hydrogen) atoms. The van der Waals surface area contributed by atoms with Crippen molar-refractivity contribution in [2.75, 3.05) is 35.3 Å². The molecule has 11 nitrogen and oxygen atoms in total. The zero-order valence-corrected chi connectivity index (χ0v) is 30.4. The van der Waals surface area contributed by atoms with Gasteiger partial charge >= 0.3 is 0 Å². The fraction of sp³-hybridized carbons (Fsp3) is 0.432. The number of nitrogens with one attached hydrogen (secondary N) is 4. The van der Waals surface area contributed by atoms with Gasteiger partial charge < -0.3 is 30.9 Å². The minimum Gasteiger partial charge on any atom is -0.494 e. The van der Waals surface area contributed by atoms with Crippen molar-refractivity contribution < 1.29 is 14.1 Å². The predicted molar refractivity (Wildman–Crippen MR) is 200 cm³/mol. The molecule has 0 atom stereocenters. The van der Waals surface area contributed by atoms with Crippen LogP contribution < -0.4 is 26.4 Å². The van der Waals surface area contributed by atoms with E-state index in [1.165, 1.54) is 19.2 Å². The van der Waals surface area contributed by atoms with Crippen LogP contribution >= 0.6 is 0 Å². The second kappa shape index (κ2) is 21.8. The molecular weight excluding hydrogens is 604 g/mol. The number of carbonyl (C=O) groups is 1. The molecule has 2 heterocycles. The van der Waals surface area contributed by atoms with E-state index in [1.807, 2.05) is 37.4 Å². The van der Waals surface area contributed by atoms with Crippen LogP contribution in [0.1, 0.15) is 98.5 Å². The van der Waals surface area contributed by atoms with Gasteiger partial charge in [-0.1, -0.05) is 80.3 Å². The van der Waals surface area contributed by atoms with Crippen LogP contribution in [0.25, 0.3) is 0 Å². The number of benzene rings is 2. The molecule has 2 aromatic carbocycles. The lowest BCUT2D eigenvalue weighted by molar-refractivity contribution is -0.105. The highest BCUT2D eigenvalue weighted by Gasteiger charge is 2.19. The van der Waals surface area contributed by atoms with E-state index >= 15 is 0 Å². The molecule has 0 bridgehead atoms. The Balaban J connectivity index is 0.000000559. The van der Waals surface area contributed by atoms with E-state index in [-0.39, 0.29) is 16.9 Å². The van der Waals surface area contributed by atoms with Gasteiger partial charge in [-0.05, 0) is 60.9 Å². The number of ether oxygens (including phenoxy) is 1. The zero-order valence-electron chi connectivity index (χ0n) is 30.4. The van der Waals surface area contributed by atoms with Crippen LogP contribution in [0.2, 0.25) is 0 Å². The minimum atomic E-state index is 0.0437. The predicted octanol–water partition coefficient (Wildman–Crippen LogP) is 9.06. The number of nitrogens with two attached hydrogens (primary N) is 1. The van der Waals surface area contributed by atoms with Gasteiger partial charge in [0.1, 0.15) is 29.5 Å². The Morgan fingerprint density at radius 2 is 1.56 bits per heavy atom. The van der Waals surface area contributed by atoms with Crippen molar-refractivity contribution >= 4 is 41.0 Å². The van der Waals surface area contributed by atoms with Gasteiger partial charge in [0.2, 0.25) is 6.41 Å². The monoisotopic (exact) mass is 660 g/mol. The fourth-order valence-electron chi connectivity index (χ4n) is 3.62. The summed E-state index contributed by atoms with van der Waals surface area (Å²) >= 11 is 0. The van der Waals surface area contributed by atoms with Crippen LogP contribution in [-0.2, 0) is 10.2 Å². The van der Waals surface area contributed by atoms with E-state index in [1.54, 1.807) is 24.3 Å². The molecule has 4 rings (SSSR count). The molecule has 0 aliphatic carbocycles. The van der Waals surface area contributed by atoms with Crippen molar-refractivity contribution in [1.29, 1.82) is 5.41 Å². The number of amides is 1. The average molecular weight is 661 g/mol. The SMILES string of the molecule is CC(C)CCOc1ccc(C(=N)c2c(N)ncnc2Nc2ccc(NC=O)cc2)cc1.CCC.CCC.CNc1cc(C(C)(C)C)on1. The number of hydrogen-bond donors (Lipinski definition) is 5. The summed E-state index contributed by atoms with van der Waals surface area (Å²) in [6.45, 7) is 19.7. The summed E-state index contributed by atoms with van der Waals surface area (Å²) in [6.07, 6.45) is 5.45. The van der Waals surface area contributed by atoms with E-state index in [0.29, 0.717) is 41.6 Å². The molecule has 1 amide bonds. The van der Waals surface area contributed by atoms with Gasteiger partial charge in [0, 0.05) is 35.5 Å². The second-order valence-corrected chi connectivity index (χ2v) is 12.4. The summed E-state index contributed by atoms with van der Waals surface area (Å²) in [7, 11) is 1.82. The van der Waals surface area contributed by atoms with Crippen molar-refractivity contribution in [3.8, 4) is 5.75 Å². The Bertz CT molecular complexity index is 1480. The zero-order chi connectivity index (χ0) is 36.1. The normalized spacial score (nSPS) is 10.2. The molecule has 0 aliphatic rings. The standard InChI is InChI=1S/C23H26N6O2.C8H14N2O.2C3H8/c1-15(2)11-12-31-19-9-3-16(4-10-19)21(24)20-22(25)26-13-27-23(20)29-18-7-5-17(6-8-18)28-14-30;1-8(2,3)6-5-7(9-4)10-11-6;2*1-3-2/h3-10,13-15,24H,11-12H2,1-2H3,(H,28,30)(H3,25,26,27,29);5H,1-4H3,(H,9,10);2*3H2,1-2H3. The van der Waals surface area contributed by atoms with Gasteiger partial charge in [0.05, 0.1) is 17.9 Å². The molecule has 2 aromatic heterocycles. The van der Waals surface area contributed by atoms with E-state index < -0.39 is 0 Å². The van der Waals surface area contributed by atoms with Crippen LogP contribution in [0.3, 0.4) is 0 Å². The first-order valence-electron chi connectivity index (χ1n) is 16.5. The summed E-state index contributed by atoms with van der Waals surface area (Å²) in [5, 5.41) is 21.2. The quantitative estimate of drug-likeness (QED) is 0.0779. The van der Waals surface area contributed by atoms with Gasteiger partial charge in [0.25, 0.3) is 0 Å². The number of nitrogen functional groups attached to an aromatic ring is 1. The Kier molecular flexibility index (Phi) is 18.7. The van der Waals surface area contributed by atoms with Crippen molar-refractivity contribution in [2.45, 2.75) is 87.0 Å². The smallest absolute Gasteiger partial charge is 0.211 e. The molecule has 0 saturated carbocycles. The summed E-state index contributed by atoms with van der Waals surface area (Å²) < 4.78 is 10.9. The first kappa shape index (κ1) is 41.1. The highest BCUT2D eigenvalue weighted by molar-refractivity contribution is 6.16. The van der Waals surface area contributed by atoms with Crippen molar-refractivity contribution in [3.05, 3.63) is 77.8 Å². The topological polar surface area (TPSA) is 164 Å². The summed E-state index contributed by atoms with van der Waals surface area (Å²) in [4.78, 5) is 18.9. The third-order valence-electron chi connectivity index (χ3n) is 6.11. The summed E-state index contributed by atoms with van der Waals surface area (Å²) in [5.74, 6) is 3.66. The molecule has 4 aromatic rings. The van der Waals surface area contributed by atoms with E-state index in [4.69, 9.17) is 20.4 Å². The summed E-state index contributed by atoms with van der Waals surface area (Å²) in [5.41, 5.74) is 8.83. The van der Waals surface area contributed by atoms with Crippen LogP contribution in [0.15, 0.2) is 65.4 Å². The average Bonchev–Trinajstić information content (AvgIpc) is 3.54. The largest absolute Gasteiger partial charge is 0.494 e. The van der Waals surface area contributed by atoms with Gasteiger partial charge in [0.15, 0.2) is 5.82 Å². The van der Waals surface area contributed by atoms with E-state index in [0.717, 1.165) is 29.4 Å². The molecule has 6 N–H and O–H groups in total. The Labute approximate surface area is 287 Å². The third kappa shape index (κ3) is 14.7. The molecule has 11 heteroatoms. The molecule has 262 valence electrons. The Morgan fingerprint density at radius 3 is 2.04 bits per heavy atom. The number of nitrogens with zero attached hydrogens (tertiary/aromatic N) is 3. The van der Waals surface area contributed by atoms with Crippen LogP contribution in [0.4, 0.5) is 28.8 Å². The van der Waals surface area contributed by atoms with Gasteiger partial charge in [-0.3, -0.25) is 10.2 Å². The first-order chi connectivity index (χ1) is 22.8. The molecule has 0 radical (unpaired) electrons. The number of carbonyl (C=O) groups excluding carboxylic acids is 1. The lowest BCUT2D eigenvalue weighted by Gasteiger charge is -2.14. The van der Waals surface area contributed by atoms with E-state index in [2.05, 4.69) is 93.4 Å². The van der Waals surface area contributed by atoms with Crippen molar-refractivity contribution in [3.63, 3.8) is 0 Å². The van der Waals surface area contributed by atoms with Gasteiger partial charge in [-0.25, -0.2) is 9.97 Å². The van der Waals surface area contributed by atoms with Crippen molar-refractivity contribution in [2.24, 2.45) is 5.92 Å². The summed E-state index contributed by atoms with van der Waals surface area (Å²) in [6, 6.07) is 16.3. The molecule has 0 saturated heterocycles. The van der Waals surface area contributed by atoms with Gasteiger partial charge in [-0.2, -0.15) is 0 Å². The fourth-order valence-corrected chi connectivity index (χ4v) is 3.62. The first-order valence-corrected chi connectivity index (χ1v) is 16.5. The highest BCUT2D eigenvalue weighted by atomic mass is 16.5. The van der Waals surface area contributed by atoms with E-state index in [9.17, 15) is 4.79 Å². The van der Waals surface area contributed by atoms with Crippen molar-refractivity contribution in [1.82, 2.24) is 15.1 Å². The Morgan fingerprint density at radius 1 is 0.979 bits per heavy atom. The van der Waals surface area contributed by atoms with Crippen LogP contribution in [0, 0.1) is 11.3 Å². The molecule has 0 unspecified atom stereocenters. The maximum absolute atomic E-state index is 10.6. The number of anilines is 5. The molecule has 0 aliphatic heterocycles. The second-order valence-electron chi connectivity index (χ2n) is 12.4. The third-order valence-corrected chi connectivity index (χ3v) is 6.11.